The van der Waals surface area contributed by atoms with E-state index in [0.717, 1.165) is 16.5 Å². The summed E-state index contributed by atoms with van der Waals surface area (Å²) in [4.78, 5) is 1.10. The average Bonchev–Trinajstić information content (AvgIpc) is 2.37. The first-order valence-electron chi connectivity index (χ1n) is 5.81. The minimum absolute atomic E-state index is 0.536. The molecule has 4 heteroatoms. The van der Waals surface area contributed by atoms with Gasteiger partial charge in [-0.05, 0) is 30.2 Å². The van der Waals surface area contributed by atoms with Crippen LogP contribution in [0.25, 0.3) is 0 Å². The largest absolute Gasteiger partial charge is 0.416 e. The monoisotopic (exact) mass is 282 g/mol. The van der Waals surface area contributed by atoms with E-state index >= 15 is 0 Å². The Balaban J connectivity index is 2.10. The minimum Gasteiger partial charge on any atom is -0.166 e. The Morgan fingerprint density at radius 3 is 2.42 bits per heavy atom. The highest BCUT2D eigenvalue weighted by molar-refractivity contribution is 7.98. The number of alkyl halides is 3. The van der Waals surface area contributed by atoms with E-state index in [2.05, 4.69) is 0 Å². The Bertz CT molecular complexity index is 561. The predicted octanol–water partition coefficient (Wildman–Crippen LogP) is 5.31. The molecule has 0 saturated heterocycles. The Labute approximate surface area is 114 Å². The van der Waals surface area contributed by atoms with Gasteiger partial charge in [-0.25, -0.2) is 0 Å². The van der Waals surface area contributed by atoms with Crippen molar-refractivity contribution in [3.8, 4) is 0 Å². The predicted molar refractivity (Wildman–Crippen MR) is 72.2 cm³/mol. The second-order valence-electron chi connectivity index (χ2n) is 4.25. The number of aryl methyl sites for hydroxylation is 1. The first-order valence-corrected chi connectivity index (χ1v) is 6.80. The van der Waals surface area contributed by atoms with Gasteiger partial charge in [-0.15, -0.1) is 11.8 Å². The number of benzene rings is 2. The minimum atomic E-state index is -4.27. The molecule has 2 aromatic carbocycles. The summed E-state index contributed by atoms with van der Waals surface area (Å²) in [6, 6.07) is 13.3. The second kappa shape index (κ2) is 5.70. The fourth-order valence-electron chi connectivity index (χ4n) is 1.72. The third-order valence-corrected chi connectivity index (χ3v) is 3.99. The van der Waals surface area contributed by atoms with Crippen molar-refractivity contribution in [3.05, 3.63) is 65.2 Å². The molecule has 0 radical (unpaired) electrons. The molecule has 0 aromatic heterocycles. The zero-order valence-electron chi connectivity index (χ0n) is 10.4. The lowest BCUT2D eigenvalue weighted by Crippen LogP contribution is -2.04. The number of thioether (sulfide) groups is 1. The Hall–Kier alpha value is -1.42. The summed E-state index contributed by atoms with van der Waals surface area (Å²) in [5, 5.41) is 0. The van der Waals surface area contributed by atoms with Crippen LogP contribution in [-0.2, 0) is 11.9 Å². The van der Waals surface area contributed by atoms with E-state index in [1.807, 2.05) is 31.2 Å². The van der Waals surface area contributed by atoms with Crippen LogP contribution in [0.2, 0.25) is 0 Å². The van der Waals surface area contributed by atoms with E-state index in [0.29, 0.717) is 11.3 Å². The van der Waals surface area contributed by atoms with Crippen LogP contribution < -0.4 is 0 Å². The van der Waals surface area contributed by atoms with E-state index in [4.69, 9.17) is 0 Å². The molecule has 0 heterocycles. The summed E-state index contributed by atoms with van der Waals surface area (Å²) in [6.07, 6.45) is -4.27. The van der Waals surface area contributed by atoms with Crippen LogP contribution in [0.1, 0.15) is 16.7 Å². The SMILES string of the molecule is Cc1ccccc1SCc1cccc(C(F)(F)F)c1. The molecule has 0 amide bonds. The van der Waals surface area contributed by atoms with E-state index in [9.17, 15) is 13.2 Å². The molecule has 0 saturated carbocycles. The van der Waals surface area contributed by atoms with Crippen LogP contribution >= 0.6 is 11.8 Å². The lowest BCUT2D eigenvalue weighted by atomic mass is 10.1. The highest BCUT2D eigenvalue weighted by Gasteiger charge is 2.30. The molecule has 0 spiro atoms. The first-order chi connectivity index (χ1) is 8.97. The van der Waals surface area contributed by atoms with Crippen LogP contribution in [0.15, 0.2) is 53.4 Å². The van der Waals surface area contributed by atoms with Crippen molar-refractivity contribution in [1.29, 1.82) is 0 Å². The molecule has 0 atom stereocenters. The van der Waals surface area contributed by atoms with Gasteiger partial charge in [0.15, 0.2) is 0 Å². The average molecular weight is 282 g/mol. The summed E-state index contributed by atoms with van der Waals surface area (Å²) in [6.45, 7) is 1.99. The molecule has 100 valence electrons. The molecule has 0 nitrogen and oxygen atoms in total. The molecule has 0 aliphatic heterocycles. The van der Waals surface area contributed by atoms with Crippen LogP contribution in [0.5, 0.6) is 0 Å². The van der Waals surface area contributed by atoms with Gasteiger partial charge in [0, 0.05) is 10.6 Å². The van der Waals surface area contributed by atoms with E-state index in [1.165, 1.54) is 12.1 Å². The van der Waals surface area contributed by atoms with Crippen molar-refractivity contribution in [2.24, 2.45) is 0 Å². The Morgan fingerprint density at radius 1 is 1.00 bits per heavy atom. The van der Waals surface area contributed by atoms with Gasteiger partial charge < -0.3 is 0 Å². The Kier molecular flexibility index (Phi) is 4.20. The van der Waals surface area contributed by atoms with E-state index in [1.54, 1.807) is 17.8 Å². The standard InChI is InChI=1S/C15H13F3S/c1-11-5-2-3-8-14(11)19-10-12-6-4-7-13(9-12)15(16,17)18/h2-9H,10H2,1H3. The lowest BCUT2D eigenvalue weighted by molar-refractivity contribution is -0.137. The molecule has 2 rings (SSSR count). The van der Waals surface area contributed by atoms with Crippen molar-refractivity contribution in [2.75, 3.05) is 0 Å². The van der Waals surface area contributed by atoms with Crippen LogP contribution in [0.4, 0.5) is 13.2 Å². The second-order valence-corrected chi connectivity index (χ2v) is 5.27. The molecular weight excluding hydrogens is 269 g/mol. The molecule has 19 heavy (non-hydrogen) atoms. The third kappa shape index (κ3) is 3.77. The van der Waals surface area contributed by atoms with Crippen molar-refractivity contribution >= 4 is 11.8 Å². The van der Waals surface area contributed by atoms with E-state index < -0.39 is 11.7 Å². The molecule has 2 aromatic rings. The highest BCUT2D eigenvalue weighted by Crippen LogP contribution is 2.31. The van der Waals surface area contributed by atoms with Crippen LogP contribution in [-0.4, -0.2) is 0 Å². The number of hydrogen-bond acceptors (Lipinski definition) is 1. The molecule has 0 aliphatic carbocycles. The first kappa shape index (κ1) is 14.0. The van der Waals surface area contributed by atoms with Gasteiger partial charge in [0.2, 0.25) is 0 Å². The molecule has 0 fully saturated rings. The van der Waals surface area contributed by atoms with Gasteiger partial charge in [-0.3, -0.25) is 0 Å². The number of hydrogen-bond donors (Lipinski definition) is 0. The molecule has 0 N–H and O–H groups in total. The maximum absolute atomic E-state index is 12.6. The van der Waals surface area contributed by atoms with E-state index in [-0.39, 0.29) is 0 Å². The van der Waals surface area contributed by atoms with Gasteiger partial charge in [0.05, 0.1) is 5.56 Å². The summed E-state index contributed by atoms with van der Waals surface area (Å²) in [5.41, 5.74) is 1.23. The van der Waals surface area contributed by atoms with Gasteiger partial charge in [-0.2, -0.15) is 13.2 Å². The molecule has 0 unspecified atom stereocenters. The summed E-state index contributed by atoms with van der Waals surface area (Å²) >= 11 is 1.55. The maximum Gasteiger partial charge on any atom is 0.416 e. The summed E-state index contributed by atoms with van der Waals surface area (Å²) in [7, 11) is 0. The van der Waals surface area contributed by atoms with Gasteiger partial charge in [-0.1, -0.05) is 36.4 Å². The van der Waals surface area contributed by atoms with Gasteiger partial charge >= 0.3 is 6.18 Å². The van der Waals surface area contributed by atoms with Gasteiger partial charge in [0.25, 0.3) is 0 Å². The topological polar surface area (TPSA) is 0 Å². The fourth-order valence-corrected chi connectivity index (χ4v) is 2.69. The molecular formula is C15H13F3S. The maximum atomic E-state index is 12.6. The van der Waals surface area contributed by atoms with Crippen molar-refractivity contribution in [2.45, 2.75) is 23.7 Å². The Morgan fingerprint density at radius 2 is 1.74 bits per heavy atom. The highest BCUT2D eigenvalue weighted by atomic mass is 32.2. The molecule has 0 bridgehead atoms. The zero-order chi connectivity index (χ0) is 13.9. The van der Waals surface area contributed by atoms with Crippen LogP contribution in [0, 0.1) is 6.92 Å². The lowest BCUT2D eigenvalue weighted by Gasteiger charge is -2.09. The smallest absolute Gasteiger partial charge is 0.166 e. The van der Waals surface area contributed by atoms with Gasteiger partial charge in [0.1, 0.15) is 0 Å². The number of rotatable bonds is 3. The normalized spacial score (nSPS) is 11.6. The quantitative estimate of drug-likeness (QED) is 0.688. The number of halogens is 3. The van der Waals surface area contributed by atoms with Crippen molar-refractivity contribution in [1.82, 2.24) is 0 Å². The molecule has 0 aliphatic rings. The third-order valence-electron chi connectivity index (χ3n) is 2.74. The van der Waals surface area contributed by atoms with Crippen LogP contribution in [0.3, 0.4) is 0 Å². The van der Waals surface area contributed by atoms with Crippen molar-refractivity contribution in [3.63, 3.8) is 0 Å². The van der Waals surface area contributed by atoms with Crippen molar-refractivity contribution < 1.29 is 13.2 Å². The zero-order valence-corrected chi connectivity index (χ0v) is 11.2. The summed E-state index contributed by atoms with van der Waals surface area (Å²) in [5.74, 6) is 0.536. The fraction of sp³-hybridized carbons (Fsp3) is 0.200. The summed E-state index contributed by atoms with van der Waals surface area (Å²) < 4.78 is 37.8.